The molecule has 0 unspecified atom stereocenters. The van der Waals surface area contributed by atoms with Crippen LogP contribution in [-0.2, 0) is 0 Å². The Bertz CT molecular complexity index is 330. The molecule has 0 radical (unpaired) electrons. The third kappa shape index (κ3) is 5.16. The molecule has 1 heterocycles. The van der Waals surface area contributed by atoms with Crippen LogP contribution >= 0.6 is 0 Å². The first kappa shape index (κ1) is 14.5. The van der Waals surface area contributed by atoms with Crippen LogP contribution in [0.4, 0.5) is 11.9 Å². The zero-order valence-electron chi connectivity index (χ0n) is 11.7. The van der Waals surface area contributed by atoms with Crippen molar-refractivity contribution in [2.45, 2.75) is 46.6 Å². The van der Waals surface area contributed by atoms with Gasteiger partial charge in [-0.1, -0.05) is 13.8 Å². The quantitative estimate of drug-likeness (QED) is 0.740. The van der Waals surface area contributed by atoms with E-state index in [1.807, 2.05) is 20.8 Å². The van der Waals surface area contributed by atoms with E-state index in [2.05, 4.69) is 32.5 Å². The van der Waals surface area contributed by atoms with Gasteiger partial charge in [-0.15, -0.1) is 0 Å². The van der Waals surface area contributed by atoms with E-state index in [0.717, 1.165) is 19.4 Å². The SMILES string of the molecule is CCCNc1nc(NC(C)C)nc(OCCC)n1. The molecule has 0 spiro atoms. The van der Waals surface area contributed by atoms with Crippen LogP contribution in [0.25, 0.3) is 0 Å². The molecule has 0 bridgehead atoms. The molecule has 1 rings (SSSR count). The number of hydrogen-bond acceptors (Lipinski definition) is 6. The van der Waals surface area contributed by atoms with Crippen LogP contribution in [0.2, 0.25) is 0 Å². The molecule has 0 fully saturated rings. The Morgan fingerprint density at radius 1 is 1.06 bits per heavy atom. The summed E-state index contributed by atoms with van der Waals surface area (Å²) in [6.45, 7) is 9.66. The number of nitrogens with one attached hydrogen (secondary N) is 2. The molecule has 1 aromatic heterocycles. The van der Waals surface area contributed by atoms with Gasteiger partial charge < -0.3 is 15.4 Å². The maximum absolute atomic E-state index is 5.46. The van der Waals surface area contributed by atoms with E-state index < -0.39 is 0 Å². The van der Waals surface area contributed by atoms with E-state index in [-0.39, 0.29) is 6.04 Å². The van der Waals surface area contributed by atoms with Gasteiger partial charge in [-0.05, 0) is 26.7 Å². The van der Waals surface area contributed by atoms with Crippen molar-refractivity contribution in [3.8, 4) is 6.01 Å². The molecule has 0 saturated heterocycles. The highest BCUT2D eigenvalue weighted by atomic mass is 16.5. The molecule has 0 amide bonds. The fourth-order valence-corrected chi connectivity index (χ4v) is 1.25. The number of ether oxygens (including phenoxy) is 1. The van der Waals surface area contributed by atoms with Gasteiger partial charge in [0.15, 0.2) is 0 Å². The van der Waals surface area contributed by atoms with Crippen LogP contribution in [0.15, 0.2) is 0 Å². The zero-order chi connectivity index (χ0) is 13.4. The van der Waals surface area contributed by atoms with E-state index in [9.17, 15) is 0 Å². The van der Waals surface area contributed by atoms with Gasteiger partial charge in [0.25, 0.3) is 0 Å². The zero-order valence-corrected chi connectivity index (χ0v) is 11.7. The lowest BCUT2D eigenvalue weighted by atomic mass is 10.4. The lowest BCUT2D eigenvalue weighted by Gasteiger charge is -2.11. The van der Waals surface area contributed by atoms with E-state index in [1.165, 1.54) is 0 Å². The Morgan fingerprint density at radius 2 is 1.78 bits per heavy atom. The van der Waals surface area contributed by atoms with E-state index in [4.69, 9.17) is 4.74 Å². The summed E-state index contributed by atoms with van der Waals surface area (Å²) in [7, 11) is 0. The number of hydrogen-bond donors (Lipinski definition) is 2. The Hall–Kier alpha value is -1.59. The Kier molecular flexibility index (Phi) is 6.18. The van der Waals surface area contributed by atoms with Crippen molar-refractivity contribution in [1.82, 2.24) is 15.0 Å². The Labute approximate surface area is 109 Å². The summed E-state index contributed by atoms with van der Waals surface area (Å²) in [6, 6.07) is 0.638. The lowest BCUT2D eigenvalue weighted by Crippen LogP contribution is -2.16. The molecule has 0 aliphatic carbocycles. The van der Waals surface area contributed by atoms with Crippen molar-refractivity contribution in [2.24, 2.45) is 0 Å². The maximum Gasteiger partial charge on any atom is 0.323 e. The highest BCUT2D eigenvalue weighted by molar-refractivity contribution is 5.36. The smallest absolute Gasteiger partial charge is 0.323 e. The van der Waals surface area contributed by atoms with Crippen molar-refractivity contribution in [3.05, 3.63) is 0 Å². The van der Waals surface area contributed by atoms with Crippen LogP contribution in [0, 0.1) is 0 Å². The third-order valence-corrected chi connectivity index (χ3v) is 2.00. The topological polar surface area (TPSA) is 72.0 Å². The molecule has 0 aliphatic heterocycles. The van der Waals surface area contributed by atoms with Gasteiger partial charge >= 0.3 is 6.01 Å². The molecule has 18 heavy (non-hydrogen) atoms. The molecule has 102 valence electrons. The summed E-state index contributed by atoms with van der Waals surface area (Å²) in [5, 5.41) is 6.30. The number of rotatable bonds is 8. The first-order chi connectivity index (χ1) is 8.65. The van der Waals surface area contributed by atoms with Crippen molar-refractivity contribution in [3.63, 3.8) is 0 Å². The molecule has 0 aromatic carbocycles. The van der Waals surface area contributed by atoms with Gasteiger partial charge in [0.1, 0.15) is 0 Å². The molecule has 1 aromatic rings. The average Bonchev–Trinajstić information content (AvgIpc) is 2.33. The van der Waals surface area contributed by atoms with Crippen LogP contribution in [-0.4, -0.2) is 34.1 Å². The predicted octanol–water partition coefficient (Wildman–Crippen LogP) is 2.30. The van der Waals surface area contributed by atoms with E-state index in [0.29, 0.717) is 24.5 Å². The van der Waals surface area contributed by atoms with Crippen LogP contribution in [0.1, 0.15) is 40.5 Å². The Balaban J connectivity index is 2.81. The van der Waals surface area contributed by atoms with Gasteiger partial charge in [-0.25, -0.2) is 0 Å². The average molecular weight is 253 g/mol. The summed E-state index contributed by atoms with van der Waals surface area (Å²) < 4.78 is 5.46. The molecule has 0 saturated carbocycles. The standard InChI is InChI=1S/C12H23N5O/c1-5-7-13-10-15-11(14-9(3)4)17-12(16-10)18-8-6-2/h9H,5-8H2,1-4H3,(H2,13,14,15,16,17). The molecule has 2 N–H and O–H groups in total. The van der Waals surface area contributed by atoms with Crippen molar-refractivity contribution >= 4 is 11.9 Å². The first-order valence-electron chi connectivity index (χ1n) is 6.55. The fourth-order valence-electron chi connectivity index (χ4n) is 1.25. The minimum absolute atomic E-state index is 0.269. The number of aromatic nitrogens is 3. The van der Waals surface area contributed by atoms with E-state index >= 15 is 0 Å². The summed E-state index contributed by atoms with van der Waals surface area (Å²) in [4.78, 5) is 12.7. The molecule has 6 heteroatoms. The number of nitrogens with zero attached hydrogens (tertiary/aromatic N) is 3. The van der Waals surface area contributed by atoms with Gasteiger partial charge in [0, 0.05) is 12.6 Å². The summed E-state index contributed by atoms with van der Waals surface area (Å²) >= 11 is 0. The van der Waals surface area contributed by atoms with Crippen molar-refractivity contribution in [2.75, 3.05) is 23.8 Å². The minimum Gasteiger partial charge on any atom is -0.463 e. The fraction of sp³-hybridized carbons (Fsp3) is 0.750. The van der Waals surface area contributed by atoms with Crippen molar-refractivity contribution in [1.29, 1.82) is 0 Å². The highest BCUT2D eigenvalue weighted by Gasteiger charge is 2.07. The van der Waals surface area contributed by atoms with E-state index in [1.54, 1.807) is 0 Å². The first-order valence-corrected chi connectivity index (χ1v) is 6.55. The van der Waals surface area contributed by atoms with Crippen LogP contribution < -0.4 is 15.4 Å². The lowest BCUT2D eigenvalue weighted by molar-refractivity contribution is 0.292. The second-order valence-corrected chi connectivity index (χ2v) is 4.34. The van der Waals surface area contributed by atoms with Gasteiger partial charge in [-0.3, -0.25) is 0 Å². The molecule has 0 atom stereocenters. The van der Waals surface area contributed by atoms with Crippen molar-refractivity contribution < 1.29 is 4.74 Å². The molecular formula is C12H23N5O. The molecule has 0 aliphatic rings. The summed E-state index contributed by atoms with van der Waals surface area (Å²) in [6.07, 6.45) is 1.94. The third-order valence-electron chi connectivity index (χ3n) is 2.00. The monoisotopic (exact) mass is 253 g/mol. The van der Waals surface area contributed by atoms with Crippen LogP contribution in [0.5, 0.6) is 6.01 Å². The minimum atomic E-state index is 0.269. The molecular weight excluding hydrogens is 230 g/mol. The van der Waals surface area contributed by atoms with Gasteiger partial charge in [0.05, 0.1) is 6.61 Å². The summed E-state index contributed by atoms with van der Waals surface area (Å²) in [5.74, 6) is 1.10. The molecule has 6 nitrogen and oxygen atoms in total. The van der Waals surface area contributed by atoms with Gasteiger partial charge in [0.2, 0.25) is 11.9 Å². The second kappa shape index (κ2) is 7.68. The van der Waals surface area contributed by atoms with Crippen LogP contribution in [0.3, 0.4) is 0 Å². The number of anilines is 2. The predicted molar refractivity (Wildman–Crippen MR) is 73.2 cm³/mol. The highest BCUT2D eigenvalue weighted by Crippen LogP contribution is 2.12. The largest absolute Gasteiger partial charge is 0.463 e. The Morgan fingerprint density at radius 3 is 2.39 bits per heavy atom. The normalized spacial score (nSPS) is 10.5. The maximum atomic E-state index is 5.46. The summed E-state index contributed by atoms with van der Waals surface area (Å²) in [5.41, 5.74) is 0. The van der Waals surface area contributed by atoms with Gasteiger partial charge in [-0.2, -0.15) is 15.0 Å². The second-order valence-electron chi connectivity index (χ2n) is 4.34.